The van der Waals surface area contributed by atoms with Crippen LogP contribution in [-0.4, -0.2) is 45.0 Å². The molecule has 7 heteroatoms. The van der Waals surface area contributed by atoms with E-state index in [1.165, 1.54) is 0 Å². The number of pyridine rings is 1. The molecule has 0 saturated heterocycles. The standard InChI is InChI=1S/C19H26N4O3/c1-19(2,3)26-18(25)20-10-5-4-6-11-22-13-14-12-21-16-9-7-8-15(17(22)24)23(14)16/h7-9,12H,4-6,10-11,13H2,1-3H3,(H,20,25). The SMILES string of the molecule is CC(C)(C)OC(=O)NCCCCCN1Cc2cnc3cccc(n23)C1=O. The summed E-state index contributed by atoms with van der Waals surface area (Å²) in [6.45, 7) is 7.40. The maximum Gasteiger partial charge on any atom is 0.407 e. The van der Waals surface area contributed by atoms with Gasteiger partial charge in [0.2, 0.25) is 0 Å². The Labute approximate surface area is 153 Å². The van der Waals surface area contributed by atoms with E-state index < -0.39 is 5.60 Å². The van der Waals surface area contributed by atoms with Crippen molar-refractivity contribution in [1.29, 1.82) is 0 Å². The van der Waals surface area contributed by atoms with Crippen molar-refractivity contribution in [2.45, 2.75) is 52.2 Å². The third kappa shape index (κ3) is 4.15. The Morgan fingerprint density at radius 2 is 2.08 bits per heavy atom. The Kier molecular flexibility index (Phi) is 5.15. The van der Waals surface area contributed by atoms with Crippen LogP contribution < -0.4 is 5.32 Å². The van der Waals surface area contributed by atoms with E-state index >= 15 is 0 Å². The molecule has 2 aromatic heterocycles. The maximum atomic E-state index is 12.6. The number of carbonyl (C=O) groups is 2. The van der Waals surface area contributed by atoms with Gasteiger partial charge in [0.15, 0.2) is 0 Å². The predicted octanol–water partition coefficient (Wildman–Crippen LogP) is 2.99. The van der Waals surface area contributed by atoms with Crippen molar-refractivity contribution in [2.24, 2.45) is 0 Å². The van der Waals surface area contributed by atoms with Crippen molar-refractivity contribution in [1.82, 2.24) is 19.6 Å². The monoisotopic (exact) mass is 358 g/mol. The van der Waals surface area contributed by atoms with Gasteiger partial charge in [-0.05, 0) is 52.2 Å². The van der Waals surface area contributed by atoms with Crippen LogP contribution in [0.1, 0.15) is 56.2 Å². The molecule has 0 bridgehead atoms. The molecule has 0 atom stereocenters. The molecule has 0 saturated carbocycles. The third-order valence-corrected chi connectivity index (χ3v) is 4.23. The van der Waals surface area contributed by atoms with Crippen LogP contribution in [-0.2, 0) is 11.3 Å². The molecule has 140 valence electrons. The molecule has 1 aliphatic heterocycles. The fourth-order valence-corrected chi connectivity index (χ4v) is 3.10. The molecule has 2 amide bonds. The lowest BCUT2D eigenvalue weighted by molar-refractivity contribution is 0.0527. The number of ether oxygens (including phenoxy) is 1. The molecule has 1 aliphatic rings. The van der Waals surface area contributed by atoms with Crippen LogP contribution in [0.3, 0.4) is 0 Å². The Morgan fingerprint density at radius 1 is 1.27 bits per heavy atom. The van der Waals surface area contributed by atoms with E-state index in [1.807, 2.05) is 54.5 Å². The first-order valence-electron chi connectivity index (χ1n) is 9.06. The quantitative estimate of drug-likeness (QED) is 0.806. The summed E-state index contributed by atoms with van der Waals surface area (Å²) in [6, 6.07) is 5.62. The van der Waals surface area contributed by atoms with Gasteiger partial charge in [-0.3, -0.25) is 9.20 Å². The highest BCUT2D eigenvalue weighted by atomic mass is 16.6. The van der Waals surface area contributed by atoms with Gasteiger partial charge in [-0.1, -0.05) is 6.07 Å². The van der Waals surface area contributed by atoms with Crippen LogP contribution in [0.2, 0.25) is 0 Å². The van der Waals surface area contributed by atoms with Crippen LogP contribution in [0.15, 0.2) is 24.4 Å². The molecular weight excluding hydrogens is 332 g/mol. The second kappa shape index (κ2) is 7.35. The summed E-state index contributed by atoms with van der Waals surface area (Å²) in [5.74, 6) is 0.0491. The summed E-state index contributed by atoms with van der Waals surface area (Å²) >= 11 is 0. The van der Waals surface area contributed by atoms with E-state index in [9.17, 15) is 9.59 Å². The zero-order valence-corrected chi connectivity index (χ0v) is 15.6. The fraction of sp³-hybridized carbons (Fsp3) is 0.526. The van der Waals surface area contributed by atoms with Gasteiger partial charge >= 0.3 is 6.09 Å². The third-order valence-electron chi connectivity index (χ3n) is 4.23. The molecule has 7 nitrogen and oxygen atoms in total. The second-order valence-electron chi connectivity index (χ2n) is 7.57. The lowest BCUT2D eigenvalue weighted by atomic mass is 10.2. The first-order valence-corrected chi connectivity index (χ1v) is 9.06. The largest absolute Gasteiger partial charge is 0.444 e. The second-order valence-corrected chi connectivity index (χ2v) is 7.57. The van der Waals surface area contributed by atoms with Crippen molar-refractivity contribution in [3.05, 3.63) is 35.8 Å². The fourth-order valence-electron chi connectivity index (χ4n) is 3.10. The van der Waals surface area contributed by atoms with Crippen molar-refractivity contribution in [3.63, 3.8) is 0 Å². The number of imidazole rings is 1. The first kappa shape index (κ1) is 18.2. The Morgan fingerprint density at radius 3 is 2.85 bits per heavy atom. The highest BCUT2D eigenvalue weighted by Gasteiger charge is 2.25. The minimum atomic E-state index is -0.478. The molecule has 0 radical (unpaired) electrons. The number of hydrogen-bond donors (Lipinski definition) is 1. The van der Waals surface area contributed by atoms with E-state index in [1.54, 1.807) is 0 Å². The van der Waals surface area contributed by atoms with Crippen LogP contribution in [0.4, 0.5) is 4.79 Å². The van der Waals surface area contributed by atoms with Gasteiger partial charge in [-0.2, -0.15) is 0 Å². The average molecular weight is 358 g/mol. The number of unbranched alkanes of at least 4 members (excludes halogenated alkanes) is 2. The molecule has 1 N–H and O–H groups in total. The zero-order chi connectivity index (χ0) is 18.7. The highest BCUT2D eigenvalue weighted by molar-refractivity contribution is 5.94. The van der Waals surface area contributed by atoms with Gasteiger partial charge in [0.05, 0.1) is 18.4 Å². The van der Waals surface area contributed by atoms with Crippen LogP contribution >= 0.6 is 0 Å². The molecule has 3 heterocycles. The molecule has 0 unspecified atom stereocenters. The summed E-state index contributed by atoms with van der Waals surface area (Å²) in [5.41, 5.74) is 2.06. The Balaban J connectivity index is 1.41. The highest BCUT2D eigenvalue weighted by Crippen LogP contribution is 2.20. The van der Waals surface area contributed by atoms with Crippen LogP contribution in [0.5, 0.6) is 0 Å². The number of carbonyl (C=O) groups excluding carboxylic acids is 2. The maximum absolute atomic E-state index is 12.6. The molecule has 0 aromatic carbocycles. The van der Waals surface area contributed by atoms with E-state index in [4.69, 9.17) is 4.74 Å². The van der Waals surface area contributed by atoms with Gasteiger partial charge in [0.1, 0.15) is 16.9 Å². The number of hydrogen-bond acceptors (Lipinski definition) is 4. The number of nitrogens with zero attached hydrogens (tertiary/aromatic N) is 3. The molecular formula is C19H26N4O3. The summed E-state index contributed by atoms with van der Waals surface area (Å²) in [5, 5.41) is 2.76. The Bertz CT molecular complexity index is 807. The molecule has 0 fully saturated rings. The van der Waals surface area contributed by atoms with Gasteiger partial charge in [0, 0.05) is 13.1 Å². The molecule has 0 aliphatic carbocycles. The predicted molar refractivity (Wildman–Crippen MR) is 98.0 cm³/mol. The van der Waals surface area contributed by atoms with Crippen molar-refractivity contribution >= 4 is 17.6 Å². The van der Waals surface area contributed by atoms with Gasteiger partial charge < -0.3 is 15.0 Å². The number of nitrogens with one attached hydrogen (secondary N) is 1. The smallest absolute Gasteiger partial charge is 0.407 e. The number of aromatic nitrogens is 2. The van der Waals surface area contributed by atoms with Crippen LogP contribution in [0.25, 0.3) is 5.65 Å². The number of amides is 2. The van der Waals surface area contributed by atoms with Crippen molar-refractivity contribution < 1.29 is 14.3 Å². The average Bonchev–Trinajstić information content (AvgIpc) is 2.97. The first-order chi connectivity index (χ1) is 12.3. The normalized spacial score (nSPS) is 14.0. The lowest BCUT2D eigenvalue weighted by Crippen LogP contribution is -2.37. The number of rotatable bonds is 6. The van der Waals surface area contributed by atoms with Gasteiger partial charge in [-0.25, -0.2) is 9.78 Å². The minimum Gasteiger partial charge on any atom is -0.444 e. The molecule has 0 spiro atoms. The molecule has 2 aromatic rings. The van der Waals surface area contributed by atoms with E-state index in [-0.39, 0.29) is 12.0 Å². The molecule has 3 rings (SSSR count). The number of alkyl carbamates (subject to hydrolysis) is 1. The van der Waals surface area contributed by atoms with Gasteiger partial charge in [-0.15, -0.1) is 0 Å². The van der Waals surface area contributed by atoms with Gasteiger partial charge in [0.25, 0.3) is 5.91 Å². The van der Waals surface area contributed by atoms with E-state index in [0.29, 0.717) is 25.3 Å². The van der Waals surface area contributed by atoms with Crippen LogP contribution in [0, 0.1) is 0 Å². The molecule has 26 heavy (non-hydrogen) atoms. The van der Waals surface area contributed by atoms with E-state index in [0.717, 1.165) is 30.6 Å². The minimum absolute atomic E-state index is 0.0491. The van der Waals surface area contributed by atoms with Crippen molar-refractivity contribution in [2.75, 3.05) is 13.1 Å². The summed E-state index contributed by atoms with van der Waals surface area (Å²) in [6.07, 6.45) is 4.14. The summed E-state index contributed by atoms with van der Waals surface area (Å²) in [4.78, 5) is 30.4. The Hall–Kier alpha value is -2.57. The topological polar surface area (TPSA) is 75.9 Å². The lowest BCUT2D eigenvalue weighted by Gasteiger charge is -2.27. The van der Waals surface area contributed by atoms with Crippen molar-refractivity contribution in [3.8, 4) is 0 Å². The summed E-state index contributed by atoms with van der Waals surface area (Å²) in [7, 11) is 0. The zero-order valence-electron chi connectivity index (χ0n) is 15.6. The summed E-state index contributed by atoms with van der Waals surface area (Å²) < 4.78 is 7.13. The van der Waals surface area contributed by atoms with E-state index in [2.05, 4.69) is 10.3 Å².